The molecule has 3 heterocycles. The molecule has 0 bridgehead atoms. The second-order valence-corrected chi connectivity index (χ2v) is 8.58. The molecule has 7 nitrogen and oxygen atoms in total. The molecule has 3 aliphatic rings. The van der Waals surface area contributed by atoms with Gasteiger partial charge in [-0.15, -0.1) is 0 Å². The Bertz CT molecular complexity index is 1070. The molecular formula is C24H24FN3O4. The fourth-order valence-corrected chi connectivity index (χ4v) is 4.63. The third kappa shape index (κ3) is 3.98. The number of ether oxygens (including phenoxy) is 1. The molecule has 3 aliphatic heterocycles. The molecule has 8 heteroatoms. The van der Waals surface area contributed by atoms with Crippen molar-refractivity contribution in [1.82, 2.24) is 15.1 Å². The average molecular weight is 437 g/mol. The Labute approximate surface area is 185 Å². The molecule has 0 spiro atoms. The Hall–Kier alpha value is -3.26. The summed E-state index contributed by atoms with van der Waals surface area (Å²) < 4.78 is 19.0. The van der Waals surface area contributed by atoms with Crippen molar-refractivity contribution in [2.24, 2.45) is 0 Å². The Kier molecular flexibility index (Phi) is 5.38. The minimum atomic E-state index is -0.613. The fraction of sp³-hybridized carbons (Fsp3) is 0.375. The largest absolute Gasteiger partial charge is 0.492 e. The number of carbonyl (C=O) groups is 3. The molecule has 2 aromatic rings. The van der Waals surface area contributed by atoms with E-state index in [0.717, 1.165) is 30.8 Å². The standard InChI is InChI=1S/C24H24FN3O4/c25-18-3-1-15(2-4-18)17-12-27(13-17)9-10-32-19-5-6-20-16(11-19)14-28(24(20)31)21-7-8-22(29)26-23(21)30/h1-6,11,17,21H,7-10,12-14H2,(H,26,29,30)/t21-/m1/s1. The van der Waals surface area contributed by atoms with Gasteiger partial charge in [-0.2, -0.15) is 0 Å². The number of benzene rings is 2. The van der Waals surface area contributed by atoms with Gasteiger partial charge in [0.25, 0.3) is 5.91 Å². The van der Waals surface area contributed by atoms with E-state index in [-0.39, 0.29) is 24.1 Å². The summed E-state index contributed by atoms with van der Waals surface area (Å²) >= 11 is 0. The van der Waals surface area contributed by atoms with Crippen LogP contribution in [0.2, 0.25) is 0 Å². The number of amides is 3. The zero-order valence-corrected chi connectivity index (χ0v) is 17.6. The van der Waals surface area contributed by atoms with E-state index >= 15 is 0 Å². The number of piperidine rings is 1. The number of halogens is 1. The summed E-state index contributed by atoms with van der Waals surface area (Å²) in [6.45, 7) is 3.50. The number of carbonyl (C=O) groups excluding carboxylic acids is 3. The quantitative estimate of drug-likeness (QED) is 0.700. The SMILES string of the molecule is O=C1CC[C@@H](N2Cc3cc(OCCN4CC(c5ccc(F)cc5)C4)ccc3C2=O)C(=O)N1. The molecule has 0 radical (unpaired) electrons. The number of fused-ring (bicyclic) bond motifs is 1. The van der Waals surface area contributed by atoms with Gasteiger partial charge >= 0.3 is 0 Å². The first-order chi connectivity index (χ1) is 15.5. The molecule has 0 unspecified atom stereocenters. The normalized spacial score (nSPS) is 21.3. The zero-order chi connectivity index (χ0) is 22.2. The number of hydrogen-bond donors (Lipinski definition) is 1. The Balaban J connectivity index is 1.12. The van der Waals surface area contributed by atoms with E-state index in [0.29, 0.717) is 36.8 Å². The van der Waals surface area contributed by atoms with Crippen LogP contribution < -0.4 is 10.1 Å². The van der Waals surface area contributed by atoms with Crippen LogP contribution in [0.3, 0.4) is 0 Å². The van der Waals surface area contributed by atoms with Gasteiger partial charge in [0, 0.05) is 44.1 Å². The van der Waals surface area contributed by atoms with E-state index in [1.807, 2.05) is 18.2 Å². The molecule has 0 aliphatic carbocycles. The summed E-state index contributed by atoms with van der Waals surface area (Å²) in [5, 5.41) is 2.31. The van der Waals surface area contributed by atoms with Crippen LogP contribution in [0.25, 0.3) is 0 Å². The van der Waals surface area contributed by atoms with E-state index in [2.05, 4.69) is 10.2 Å². The maximum Gasteiger partial charge on any atom is 0.255 e. The van der Waals surface area contributed by atoms with Gasteiger partial charge in [-0.1, -0.05) is 12.1 Å². The molecule has 0 saturated carbocycles. The van der Waals surface area contributed by atoms with Crippen molar-refractivity contribution in [1.29, 1.82) is 0 Å². The summed E-state index contributed by atoms with van der Waals surface area (Å²) in [6.07, 6.45) is 0.589. The molecule has 5 rings (SSSR count). The number of nitrogens with one attached hydrogen (secondary N) is 1. The lowest BCUT2D eigenvalue weighted by Crippen LogP contribution is -2.52. The summed E-state index contributed by atoms with van der Waals surface area (Å²) in [5.41, 5.74) is 2.57. The minimum absolute atomic E-state index is 0.187. The predicted molar refractivity (Wildman–Crippen MR) is 114 cm³/mol. The number of nitrogens with zero attached hydrogens (tertiary/aromatic N) is 2. The van der Waals surface area contributed by atoms with Crippen LogP contribution in [0.4, 0.5) is 4.39 Å². The molecule has 2 fully saturated rings. The van der Waals surface area contributed by atoms with Gasteiger partial charge in [0.2, 0.25) is 11.8 Å². The minimum Gasteiger partial charge on any atom is -0.492 e. The number of likely N-dealkylation sites (tertiary alicyclic amines) is 1. The molecule has 2 aromatic carbocycles. The van der Waals surface area contributed by atoms with Crippen LogP contribution in [-0.2, 0) is 16.1 Å². The van der Waals surface area contributed by atoms with E-state index in [4.69, 9.17) is 4.74 Å². The highest BCUT2D eigenvalue weighted by Crippen LogP contribution is 2.30. The molecule has 1 N–H and O–H groups in total. The van der Waals surface area contributed by atoms with E-state index in [1.165, 1.54) is 17.0 Å². The van der Waals surface area contributed by atoms with Crippen molar-refractivity contribution < 1.29 is 23.5 Å². The Morgan fingerprint density at radius 3 is 2.59 bits per heavy atom. The lowest BCUT2D eigenvalue weighted by molar-refractivity contribution is -0.136. The summed E-state index contributed by atoms with van der Waals surface area (Å²) in [7, 11) is 0. The lowest BCUT2D eigenvalue weighted by Gasteiger charge is -2.39. The highest BCUT2D eigenvalue weighted by Gasteiger charge is 2.39. The molecule has 2 saturated heterocycles. The van der Waals surface area contributed by atoms with Crippen molar-refractivity contribution in [2.45, 2.75) is 31.3 Å². The van der Waals surface area contributed by atoms with Crippen LogP contribution in [-0.4, -0.2) is 59.8 Å². The van der Waals surface area contributed by atoms with Crippen LogP contribution in [0.15, 0.2) is 42.5 Å². The van der Waals surface area contributed by atoms with Crippen LogP contribution in [0, 0.1) is 5.82 Å². The number of hydrogen-bond acceptors (Lipinski definition) is 5. The van der Waals surface area contributed by atoms with Gasteiger partial charge in [0.1, 0.15) is 24.2 Å². The predicted octanol–water partition coefficient (Wildman–Crippen LogP) is 2.06. The first-order valence-electron chi connectivity index (χ1n) is 10.9. The summed E-state index contributed by atoms with van der Waals surface area (Å²) in [4.78, 5) is 40.1. The third-order valence-electron chi connectivity index (χ3n) is 6.47. The molecule has 32 heavy (non-hydrogen) atoms. The van der Waals surface area contributed by atoms with Crippen molar-refractivity contribution in [3.05, 3.63) is 65.0 Å². The van der Waals surface area contributed by atoms with Crippen LogP contribution in [0.5, 0.6) is 5.75 Å². The highest BCUT2D eigenvalue weighted by molar-refractivity contribution is 6.05. The van der Waals surface area contributed by atoms with Gasteiger partial charge in [0.05, 0.1) is 0 Å². The molecule has 1 atom stereocenters. The third-order valence-corrected chi connectivity index (χ3v) is 6.47. The van der Waals surface area contributed by atoms with Crippen molar-refractivity contribution in [3.8, 4) is 5.75 Å². The molecule has 166 valence electrons. The maximum absolute atomic E-state index is 13.1. The first-order valence-corrected chi connectivity index (χ1v) is 10.9. The first kappa shape index (κ1) is 20.6. The topological polar surface area (TPSA) is 79.0 Å². The van der Waals surface area contributed by atoms with Crippen molar-refractivity contribution in [3.63, 3.8) is 0 Å². The zero-order valence-electron chi connectivity index (χ0n) is 17.6. The van der Waals surface area contributed by atoms with E-state index < -0.39 is 11.9 Å². The Morgan fingerprint density at radius 2 is 1.84 bits per heavy atom. The van der Waals surface area contributed by atoms with Crippen molar-refractivity contribution in [2.75, 3.05) is 26.2 Å². The summed E-state index contributed by atoms with van der Waals surface area (Å²) in [5.74, 6) is 0.0184. The van der Waals surface area contributed by atoms with Gasteiger partial charge in [-0.25, -0.2) is 4.39 Å². The maximum atomic E-state index is 13.1. The fourth-order valence-electron chi connectivity index (χ4n) is 4.63. The van der Waals surface area contributed by atoms with Gasteiger partial charge in [-0.05, 0) is 47.9 Å². The molecule has 0 aromatic heterocycles. The second-order valence-electron chi connectivity index (χ2n) is 8.58. The monoisotopic (exact) mass is 437 g/mol. The van der Waals surface area contributed by atoms with E-state index in [9.17, 15) is 18.8 Å². The van der Waals surface area contributed by atoms with Crippen LogP contribution in [0.1, 0.15) is 40.2 Å². The Morgan fingerprint density at radius 1 is 1.06 bits per heavy atom. The van der Waals surface area contributed by atoms with Gasteiger partial charge < -0.3 is 9.64 Å². The summed E-state index contributed by atoms with van der Waals surface area (Å²) in [6, 6.07) is 11.5. The van der Waals surface area contributed by atoms with Crippen molar-refractivity contribution >= 4 is 17.7 Å². The average Bonchev–Trinajstić information content (AvgIpc) is 3.06. The molecular weight excluding hydrogens is 413 g/mol. The van der Waals surface area contributed by atoms with Gasteiger partial charge in [-0.3, -0.25) is 24.6 Å². The smallest absolute Gasteiger partial charge is 0.255 e. The highest BCUT2D eigenvalue weighted by atomic mass is 19.1. The number of rotatable bonds is 6. The second kappa shape index (κ2) is 8.35. The van der Waals surface area contributed by atoms with Crippen LogP contribution >= 0.6 is 0 Å². The molecule has 3 amide bonds. The number of imide groups is 1. The van der Waals surface area contributed by atoms with E-state index in [1.54, 1.807) is 12.1 Å². The lowest BCUT2D eigenvalue weighted by atomic mass is 9.91. The van der Waals surface area contributed by atoms with Gasteiger partial charge in [0.15, 0.2) is 0 Å².